The zero-order valence-electron chi connectivity index (χ0n) is 22.0. The van der Waals surface area contributed by atoms with Crippen molar-refractivity contribution in [2.75, 3.05) is 0 Å². The predicted molar refractivity (Wildman–Crippen MR) is 166 cm³/mol. The summed E-state index contributed by atoms with van der Waals surface area (Å²) in [6.07, 6.45) is 0. The van der Waals surface area contributed by atoms with Gasteiger partial charge in [0.2, 0.25) is 0 Å². The molecule has 3 aromatic heterocycles. The summed E-state index contributed by atoms with van der Waals surface area (Å²) in [6, 6.07) is 47.6. The van der Waals surface area contributed by atoms with E-state index in [0.717, 1.165) is 72.2 Å². The second-order valence-corrected chi connectivity index (χ2v) is 10.0. The molecule has 5 nitrogen and oxygen atoms in total. The first-order chi connectivity index (χ1) is 20.3. The lowest BCUT2D eigenvalue weighted by Gasteiger charge is -2.12. The zero-order chi connectivity index (χ0) is 27.2. The van der Waals surface area contributed by atoms with E-state index in [9.17, 15) is 0 Å². The maximum Gasteiger partial charge on any atom is 0.113 e. The molecule has 8 rings (SSSR count). The molecule has 0 unspecified atom stereocenters. The normalized spacial score (nSPS) is 11.4. The summed E-state index contributed by atoms with van der Waals surface area (Å²) in [7, 11) is 0. The highest BCUT2D eigenvalue weighted by atomic mass is 15.5. The van der Waals surface area contributed by atoms with E-state index in [2.05, 4.69) is 95.1 Å². The Hall–Kier alpha value is -5.68. The fraction of sp³-hybridized carbons (Fsp3) is 0. The van der Waals surface area contributed by atoms with Crippen LogP contribution in [0.1, 0.15) is 0 Å². The number of aromatic nitrogens is 5. The summed E-state index contributed by atoms with van der Waals surface area (Å²) in [5, 5.41) is 11.5. The maximum atomic E-state index is 5.21. The van der Waals surface area contributed by atoms with Gasteiger partial charge < -0.3 is 0 Å². The first kappa shape index (κ1) is 23.2. The van der Waals surface area contributed by atoms with Gasteiger partial charge in [0, 0.05) is 21.9 Å². The number of rotatable bonds is 4. The van der Waals surface area contributed by atoms with Crippen LogP contribution >= 0.6 is 0 Å². The van der Waals surface area contributed by atoms with Crippen LogP contribution in [-0.2, 0) is 0 Å². The van der Waals surface area contributed by atoms with Gasteiger partial charge in [0.05, 0.1) is 28.1 Å². The Balaban J connectivity index is 1.26. The Labute approximate surface area is 236 Å². The fourth-order valence-electron chi connectivity index (χ4n) is 5.42. The van der Waals surface area contributed by atoms with Crippen molar-refractivity contribution in [1.29, 1.82) is 0 Å². The molecule has 0 saturated heterocycles. The first-order valence-electron chi connectivity index (χ1n) is 13.6. The van der Waals surface area contributed by atoms with E-state index in [-0.39, 0.29) is 0 Å². The Bertz CT molecular complexity index is 2180. The van der Waals surface area contributed by atoms with E-state index >= 15 is 0 Å². The molecule has 0 amide bonds. The van der Waals surface area contributed by atoms with E-state index in [1.165, 1.54) is 0 Å². The van der Waals surface area contributed by atoms with Gasteiger partial charge in [0.25, 0.3) is 0 Å². The third kappa shape index (κ3) is 4.12. The molecule has 0 spiro atoms. The molecule has 0 aliphatic rings. The third-order valence-electron chi connectivity index (χ3n) is 7.47. The molecular formula is C36H23N5. The largest absolute Gasteiger partial charge is 0.245 e. The Morgan fingerprint density at radius 3 is 1.71 bits per heavy atom. The van der Waals surface area contributed by atoms with Crippen LogP contribution in [0.15, 0.2) is 140 Å². The number of pyridine rings is 2. The second kappa shape index (κ2) is 9.50. The first-order valence-corrected chi connectivity index (χ1v) is 13.6. The number of nitrogens with zero attached hydrogens (tertiary/aromatic N) is 5. The molecule has 5 heteroatoms. The Kier molecular flexibility index (Phi) is 5.38. The highest BCUT2D eigenvalue weighted by molar-refractivity contribution is 6.04. The van der Waals surface area contributed by atoms with Crippen molar-refractivity contribution in [3.8, 4) is 39.3 Å². The van der Waals surface area contributed by atoms with Crippen molar-refractivity contribution in [3.05, 3.63) is 140 Å². The molecule has 0 radical (unpaired) electrons. The molecule has 0 bridgehead atoms. The summed E-state index contributed by atoms with van der Waals surface area (Å²) in [4.78, 5) is 12.0. The monoisotopic (exact) mass is 525 g/mol. The third-order valence-corrected chi connectivity index (χ3v) is 7.47. The van der Waals surface area contributed by atoms with Gasteiger partial charge in [-0.25, -0.2) is 9.97 Å². The van der Waals surface area contributed by atoms with Crippen LogP contribution < -0.4 is 0 Å². The maximum absolute atomic E-state index is 5.21. The molecule has 192 valence electrons. The molecule has 0 atom stereocenters. The molecule has 41 heavy (non-hydrogen) atoms. The van der Waals surface area contributed by atoms with Gasteiger partial charge in [-0.15, -0.1) is 10.2 Å². The highest BCUT2D eigenvalue weighted by Gasteiger charge is 2.13. The molecule has 0 N–H and O–H groups in total. The van der Waals surface area contributed by atoms with Gasteiger partial charge in [0.15, 0.2) is 0 Å². The average Bonchev–Trinajstić information content (AvgIpc) is 3.49. The highest BCUT2D eigenvalue weighted by Crippen LogP contribution is 2.34. The van der Waals surface area contributed by atoms with Gasteiger partial charge in [-0.2, -0.15) is 4.80 Å². The topological polar surface area (TPSA) is 56.5 Å². The SMILES string of the molecule is c1ccc(-c2ccc3ccc4ccc(-c5ccccc5-c5cccc(-n6nc7ccccc7n6)c5)nc4c3n2)cc1. The summed E-state index contributed by atoms with van der Waals surface area (Å²) in [6.45, 7) is 0. The predicted octanol–water partition coefficient (Wildman–Crippen LogP) is 8.52. The molecule has 3 heterocycles. The number of fused-ring (bicyclic) bond motifs is 4. The number of hydrogen-bond donors (Lipinski definition) is 0. The van der Waals surface area contributed by atoms with E-state index in [1.807, 2.05) is 54.6 Å². The Morgan fingerprint density at radius 2 is 0.976 bits per heavy atom. The van der Waals surface area contributed by atoms with Crippen LogP contribution in [0, 0.1) is 0 Å². The summed E-state index contributed by atoms with van der Waals surface area (Å²) >= 11 is 0. The van der Waals surface area contributed by atoms with Crippen molar-refractivity contribution in [2.24, 2.45) is 0 Å². The van der Waals surface area contributed by atoms with E-state index in [1.54, 1.807) is 4.80 Å². The summed E-state index contributed by atoms with van der Waals surface area (Å²) in [5.41, 5.74) is 10.6. The van der Waals surface area contributed by atoms with Gasteiger partial charge >= 0.3 is 0 Å². The van der Waals surface area contributed by atoms with Crippen LogP contribution in [-0.4, -0.2) is 25.0 Å². The molecule has 0 aliphatic carbocycles. The van der Waals surface area contributed by atoms with Gasteiger partial charge in [-0.05, 0) is 47.5 Å². The molecule has 0 saturated carbocycles. The smallest absolute Gasteiger partial charge is 0.113 e. The molecular weight excluding hydrogens is 502 g/mol. The van der Waals surface area contributed by atoms with Crippen LogP contribution in [0.5, 0.6) is 0 Å². The lowest BCUT2D eigenvalue weighted by Crippen LogP contribution is -1.99. The van der Waals surface area contributed by atoms with E-state index in [0.29, 0.717) is 0 Å². The van der Waals surface area contributed by atoms with Crippen molar-refractivity contribution >= 4 is 32.8 Å². The van der Waals surface area contributed by atoms with Crippen LogP contribution in [0.25, 0.3) is 72.2 Å². The quantitative estimate of drug-likeness (QED) is 0.216. The standard InChI is InChI=1S/C36H23N5/c1-2-9-24(10-3-1)31-21-19-25-17-18-26-20-22-32(38-36(26)35(25)37-31)30-14-5-4-13-29(30)27-11-8-12-28(23-27)41-39-33-15-6-7-16-34(33)40-41/h1-23H. The average molecular weight is 526 g/mol. The van der Waals surface area contributed by atoms with Gasteiger partial charge in [-0.1, -0.05) is 103 Å². The molecule has 0 aliphatic heterocycles. The van der Waals surface area contributed by atoms with Crippen LogP contribution in [0.4, 0.5) is 0 Å². The minimum absolute atomic E-state index is 0.870. The summed E-state index contributed by atoms with van der Waals surface area (Å²) in [5.74, 6) is 0. The van der Waals surface area contributed by atoms with Crippen molar-refractivity contribution in [1.82, 2.24) is 25.0 Å². The van der Waals surface area contributed by atoms with E-state index < -0.39 is 0 Å². The van der Waals surface area contributed by atoms with Crippen molar-refractivity contribution < 1.29 is 0 Å². The fourth-order valence-corrected chi connectivity index (χ4v) is 5.42. The number of hydrogen-bond acceptors (Lipinski definition) is 4. The van der Waals surface area contributed by atoms with Crippen molar-refractivity contribution in [3.63, 3.8) is 0 Å². The van der Waals surface area contributed by atoms with Crippen LogP contribution in [0.2, 0.25) is 0 Å². The lowest BCUT2D eigenvalue weighted by atomic mass is 9.96. The molecule has 5 aromatic carbocycles. The molecule has 0 fully saturated rings. The summed E-state index contributed by atoms with van der Waals surface area (Å²) < 4.78 is 0. The Morgan fingerprint density at radius 1 is 0.415 bits per heavy atom. The lowest BCUT2D eigenvalue weighted by molar-refractivity contribution is 0.766. The van der Waals surface area contributed by atoms with Crippen molar-refractivity contribution in [2.45, 2.75) is 0 Å². The van der Waals surface area contributed by atoms with E-state index in [4.69, 9.17) is 9.97 Å². The minimum Gasteiger partial charge on any atom is -0.245 e. The second-order valence-electron chi connectivity index (χ2n) is 10.0. The minimum atomic E-state index is 0.870. The number of benzene rings is 5. The molecule has 8 aromatic rings. The van der Waals surface area contributed by atoms with Gasteiger partial charge in [0.1, 0.15) is 11.0 Å². The van der Waals surface area contributed by atoms with Crippen LogP contribution in [0.3, 0.4) is 0 Å². The van der Waals surface area contributed by atoms with Gasteiger partial charge in [-0.3, -0.25) is 0 Å². The zero-order valence-corrected chi connectivity index (χ0v) is 22.0.